The predicted molar refractivity (Wildman–Crippen MR) is 63.8 cm³/mol. The second-order valence-electron chi connectivity index (χ2n) is 5.47. The fraction of sp³-hybridized carbons (Fsp3) is 0.643. The van der Waals surface area contributed by atoms with Gasteiger partial charge >= 0.3 is 5.97 Å². The van der Waals surface area contributed by atoms with E-state index in [1.807, 2.05) is 0 Å². The summed E-state index contributed by atoms with van der Waals surface area (Å²) in [6.45, 7) is 9.64. The number of carbonyl (C=O) groups excluding carboxylic acids is 1. The van der Waals surface area contributed by atoms with Gasteiger partial charge in [0, 0.05) is 11.5 Å². The molecule has 0 aliphatic heterocycles. The Labute approximate surface area is 97.4 Å². The first kappa shape index (κ1) is 11.4. The Hall–Kier alpha value is -1.05. The van der Waals surface area contributed by atoms with E-state index >= 15 is 0 Å². The molecule has 88 valence electrons. The third-order valence-electron chi connectivity index (χ3n) is 3.99. The SMILES string of the molecule is C=C(C)C(=O)OC1(C(C)C)CC2C=CC1C2. The lowest BCUT2D eigenvalue weighted by Crippen LogP contribution is -2.44. The quantitative estimate of drug-likeness (QED) is 0.415. The largest absolute Gasteiger partial charge is 0.455 e. The van der Waals surface area contributed by atoms with Gasteiger partial charge in [0.25, 0.3) is 0 Å². The molecule has 3 unspecified atom stereocenters. The van der Waals surface area contributed by atoms with Gasteiger partial charge in [0.05, 0.1) is 0 Å². The van der Waals surface area contributed by atoms with E-state index in [9.17, 15) is 4.79 Å². The van der Waals surface area contributed by atoms with E-state index < -0.39 is 0 Å². The highest BCUT2D eigenvalue weighted by atomic mass is 16.6. The van der Waals surface area contributed by atoms with Crippen LogP contribution in [0.4, 0.5) is 0 Å². The van der Waals surface area contributed by atoms with Crippen LogP contribution in [0.2, 0.25) is 0 Å². The number of allylic oxidation sites excluding steroid dienone is 1. The highest BCUT2D eigenvalue weighted by molar-refractivity contribution is 5.87. The molecule has 16 heavy (non-hydrogen) atoms. The summed E-state index contributed by atoms with van der Waals surface area (Å²) in [6, 6.07) is 0. The molecule has 2 aliphatic rings. The Kier molecular flexibility index (Phi) is 2.69. The summed E-state index contributed by atoms with van der Waals surface area (Å²) in [6.07, 6.45) is 6.60. The van der Waals surface area contributed by atoms with Crippen LogP contribution in [0.5, 0.6) is 0 Å². The van der Waals surface area contributed by atoms with E-state index in [0.717, 1.165) is 12.8 Å². The number of esters is 1. The van der Waals surface area contributed by atoms with Crippen LogP contribution in [0, 0.1) is 17.8 Å². The second-order valence-corrected chi connectivity index (χ2v) is 5.47. The molecule has 0 aromatic rings. The van der Waals surface area contributed by atoms with E-state index in [1.165, 1.54) is 0 Å². The van der Waals surface area contributed by atoms with Gasteiger partial charge in [-0.3, -0.25) is 0 Å². The van der Waals surface area contributed by atoms with Crippen molar-refractivity contribution in [1.82, 2.24) is 0 Å². The average Bonchev–Trinajstić information content (AvgIpc) is 2.77. The van der Waals surface area contributed by atoms with Crippen molar-refractivity contribution >= 4 is 5.97 Å². The Bertz CT molecular complexity index is 354. The standard InChI is InChI=1S/C14H20O2/c1-9(2)13(15)16-14(10(3)4)8-11-5-6-12(14)7-11/h5-6,10-12H,1,7-8H2,2-4H3. The summed E-state index contributed by atoms with van der Waals surface area (Å²) >= 11 is 0. The minimum absolute atomic E-state index is 0.241. The molecule has 1 fully saturated rings. The van der Waals surface area contributed by atoms with E-state index in [-0.39, 0.29) is 11.6 Å². The zero-order chi connectivity index (χ0) is 11.9. The van der Waals surface area contributed by atoms with Crippen LogP contribution >= 0.6 is 0 Å². The van der Waals surface area contributed by atoms with E-state index in [0.29, 0.717) is 23.3 Å². The summed E-state index contributed by atoms with van der Waals surface area (Å²) in [5.74, 6) is 1.12. The van der Waals surface area contributed by atoms with Crippen LogP contribution in [0.1, 0.15) is 33.6 Å². The van der Waals surface area contributed by atoms with Crippen LogP contribution in [-0.2, 0) is 9.53 Å². The molecule has 2 bridgehead atoms. The fourth-order valence-electron chi connectivity index (χ4n) is 3.01. The molecule has 3 atom stereocenters. The fourth-order valence-corrected chi connectivity index (χ4v) is 3.01. The maximum atomic E-state index is 11.7. The third-order valence-corrected chi connectivity index (χ3v) is 3.99. The molecule has 2 heteroatoms. The maximum absolute atomic E-state index is 11.7. The predicted octanol–water partition coefficient (Wildman–Crippen LogP) is 3.10. The summed E-state index contributed by atoms with van der Waals surface area (Å²) in [7, 11) is 0. The molecule has 0 saturated heterocycles. The molecule has 0 aromatic heterocycles. The molecule has 0 radical (unpaired) electrons. The summed E-state index contributed by atoms with van der Waals surface area (Å²) in [4.78, 5) is 11.7. The van der Waals surface area contributed by atoms with Crippen LogP contribution in [0.25, 0.3) is 0 Å². The lowest BCUT2D eigenvalue weighted by Gasteiger charge is -2.39. The van der Waals surface area contributed by atoms with E-state index in [2.05, 4.69) is 32.6 Å². The van der Waals surface area contributed by atoms with Crippen molar-refractivity contribution in [2.24, 2.45) is 17.8 Å². The van der Waals surface area contributed by atoms with Crippen molar-refractivity contribution in [3.63, 3.8) is 0 Å². The van der Waals surface area contributed by atoms with Gasteiger partial charge in [-0.05, 0) is 31.6 Å². The first-order valence-electron chi connectivity index (χ1n) is 6.03. The van der Waals surface area contributed by atoms with E-state index in [4.69, 9.17) is 4.74 Å². The number of carbonyl (C=O) groups is 1. The maximum Gasteiger partial charge on any atom is 0.333 e. The minimum atomic E-state index is -0.282. The lowest BCUT2D eigenvalue weighted by atomic mass is 9.78. The van der Waals surface area contributed by atoms with Gasteiger partial charge < -0.3 is 4.74 Å². The highest BCUT2D eigenvalue weighted by Crippen LogP contribution is 2.52. The number of hydrogen-bond acceptors (Lipinski definition) is 2. The van der Waals surface area contributed by atoms with Crippen LogP contribution in [-0.4, -0.2) is 11.6 Å². The smallest absolute Gasteiger partial charge is 0.333 e. The van der Waals surface area contributed by atoms with Crippen LogP contribution in [0.15, 0.2) is 24.3 Å². The molecule has 1 saturated carbocycles. The Balaban J connectivity index is 2.21. The van der Waals surface area contributed by atoms with Crippen molar-refractivity contribution in [2.75, 3.05) is 0 Å². The van der Waals surface area contributed by atoms with Gasteiger partial charge in [-0.2, -0.15) is 0 Å². The Morgan fingerprint density at radius 1 is 1.50 bits per heavy atom. The molecule has 0 heterocycles. The summed E-state index contributed by atoms with van der Waals surface area (Å²) in [5, 5.41) is 0. The number of hydrogen-bond donors (Lipinski definition) is 0. The zero-order valence-electron chi connectivity index (χ0n) is 10.3. The molecule has 0 aromatic carbocycles. The van der Waals surface area contributed by atoms with Crippen LogP contribution in [0.3, 0.4) is 0 Å². The van der Waals surface area contributed by atoms with Crippen molar-refractivity contribution in [3.8, 4) is 0 Å². The van der Waals surface area contributed by atoms with Crippen LogP contribution < -0.4 is 0 Å². The van der Waals surface area contributed by atoms with Crippen molar-refractivity contribution in [1.29, 1.82) is 0 Å². The van der Waals surface area contributed by atoms with Gasteiger partial charge in [0.2, 0.25) is 0 Å². The van der Waals surface area contributed by atoms with Gasteiger partial charge in [-0.1, -0.05) is 32.6 Å². The summed E-state index contributed by atoms with van der Waals surface area (Å²) in [5.41, 5.74) is 0.210. The first-order chi connectivity index (χ1) is 7.45. The van der Waals surface area contributed by atoms with Crippen molar-refractivity contribution in [3.05, 3.63) is 24.3 Å². The van der Waals surface area contributed by atoms with Gasteiger partial charge in [0.15, 0.2) is 0 Å². The monoisotopic (exact) mass is 220 g/mol. The van der Waals surface area contributed by atoms with Crippen molar-refractivity contribution < 1.29 is 9.53 Å². The normalized spacial score (nSPS) is 35.8. The van der Waals surface area contributed by atoms with Gasteiger partial charge in [-0.25, -0.2) is 4.79 Å². The molecule has 2 nitrogen and oxygen atoms in total. The topological polar surface area (TPSA) is 26.3 Å². The molecular weight excluding hydrogens is 200 g/mol. The number of rotatable bonds is 3. The molecular formula is C14H20O2. The highest BCUT2D eigenvalue weighted by Gasteiger charge is 2.53. The molecule has 0 N–H and O–H groups in total. The lowest BCUT2D eigenvalue weighted by molar-refractivity contribution is -0.163. The Morgan fingerprint density at radius 2 is 2.19 bits per heavy atom. The zero-order valence-corrected chi connectivity index (χ0v) is 10.3. The first-order valence-corrected chi connectivity index (χ1v) is 6.03. The average molecular weight is 220 g/mol. The Morgan fingerprint density at radius 3 is 2.56 bits per heavy atom. The van der Waals surface area contributed by atoms with Gasteiger partial charge in [0.1, 0.15) is 5.60 Å². The molecule has 2 aliphatic carbocycles. The number of fused-ring (bicyclic) bond motifs is 2. The van der Waals surface area contributed by atoms with Crippen molar-refractivity contribution in [2.45, 2.75) is 39.2 Å². The molecule has 0 amide bonds. The second kappa shape index (κ2) is 3.76. The minimum Gasteiger partial charge on any atom is -0.455 e. The van der Waals surface area contributed by atoms with E-state index in [1.54, 1.807) is 6.92 Å². The molecule has 0 spiro atoms. The third kappa shape index (κ3) is 1.60. The summed E-state index contributed by atoms with van der Waals surface area (Å²) < 4.78 is 5.77. The molecule has 2 rings (SSSR count). The van der Waals surface area contributed by atoms with Gasteiger partial charge in [-0.15, -0.1) is 0 Å². The number of ether oxygens (including phenoxy) is 1.